The molecule has 18 heteroatoms. The van der Waals surface area contributed by atoms with E-state index in [-0.39, 0.29) is 19.3 Å². The third-order valence-corrected chi connectivity index (χ3v) is 19.8. The Morgan fingerprint density at radius 3 is 0.712 bits per heavy atom. The van der Waals surface area contributed by atoms with E-state index in [0.717, 1.165) is 173 Å². The van der Waals surface area contributed by atoms with Gasteiger partial charge >= 0.3 is 33.6 Å². The molecule has 0 aliphatic heterocycles. The van der Waals surface area contributed by atoms with Crippen LogP contribution in [0.5, 0.6) is 0 Å². The van der Waals surface area contributed by atoms with E-state index < -0.39 is 91.5 Å². The molecule has 0 saturated carbocycles. The Labute approximate surface area is 675 Å². The molecule has 5 atom stereocenters. The van der Waals surface area contributed by atoms with Crippen molar-refractivity contribution in [1.29, 1.82) is 0 Å². The molecule has 111 heavy (non-hydrogen) atoms. The van der Waals surface area contributed by atoms with E-state index in [1.807, 2.05) is 0 Å². The average molecular weight is 1590 g/mol. The van der Waals surface area contributed by atoms with Crippen LogP contribution in [0, 0.1) is 0 Å². The number of rotatable bonds is 81. The second-order valence-corrected chi connectivity index (χ2v) is 31.5. The van der Waals surface area contributed by atoms with Gasteiger partial charge in [0.25, 0.3) is 0 Å². The Morgan fingerprint density at radius 2 is 0.450 bits per heavy atom. The lowest BCUT2D eigenvalue weighted by Gasteiger charge is -2.21. The summed E-state index contributed by atoms with van der Waals surface area (Å²) in [6.07, 6.45) is 108. The van der Waals surface area contributed by atoms with Crippen molar-refractivity contribution in [1.82, 2.24) is 0 Å². The summed E-state index contributed by atoms with van der Waals surface area (Å²) < 4.78 is 61.3. The zero-order valence-electron chi connectivity index (χ0n) is 69.6. The second kappa shape index (κ2) is 84.3. The first-order valence-corrected chi connectivity index (χ1v) is 46.4. The molecule has 0 rings (SSSR count). The maximum Gasteiger partial charge on any atom is 0.472 e. The van der Waals surface area contributed by atoms with Crippen LogP contribution in [0.4, 0.5) is 0 Å². The fraction of sp³-hybridized carbons (Fsp3) is 0.667. The number of hydrogen-bond acceptors (Lipinski definition) is 14. The third-order valence-electron chi connectivity index (χ3n) is 17.9. The molecular formula is C93H156O16P2. The van der Waals surface area contributed by atoms with Crippen molar-refractivity contribution < 1.29 is 75.8 Å². The van der Waals surface area contributed by atoms with Crippen molar-refractivity contribution in [2.45, 2.75) is 360 Å². The molecule has 0 heterocycles. The van der Waals surface area contributed by atoms with Crippen molar-refractivity contribution in [2.75, 3.05) is 39.6 Å². The number of hydrogen-bond donors (Lipinski definition) is 4. The Morgan fingerprint density at radius 1 is 0.252 bits per heavy atom. The maximum atomic E-state index is 13.0. The zero-order chi connectivity index (χ0) is 80.8. The number of aliphatic hydroxyl groups is 2. The second-order valence-electron chi connectivity index (χ2n) is 28.5. The molecule has 4 N–H and O–H groups in total. The van der Waals surface area contributed by atoms with Crippen molar-refractivity contribution in [3.8, 4) is 0 Å². The molecule has 0 bridgehead atoms. The van der Waals surface area contributed by atoms with E-state index in [0.29, 0.717) is 19.3 Å². The summed E-state index contributed by atoms with van der Waals surface area (Å²) in [5.41, 5.74) is 0. The molecule has 0 aromatic heterocycles. The minimum atomic E-state index is -4.94. The first-order valence-electron chi connectivity index (χ1n) is 43.4. The number of carbonyl (C=O) groups is 3. The predicted octanol–water partition coefficient (Wildman–Crippen LogP) is 26.3. The van der Waals surface area contributed by atoms with Crippen LogP contribution in [0.3, 0.4) is 0 Å². The minimum absolute atomic E-state index is 0.0798. The molecule has 0 aromatic rings. The van der Waals surface area contributed by atoms with Gasteiger partial charge < -0.3 is 34.2 Å². The zero-order valence-corrected chi connectivity index (χ0v) is 71.4. The summed E-state index contributed by atoms with van der Waals surface area (Å²) >= 11 is 0. The van der Waals surface area contributed by atoms with Crippen molar-refractivity contribution in [3.05, 3.63) is 170 Å². The number of allylic oxidation sites excluding steroid dienone is 28. The van der Waals surface area contributed by atoms with Crippen LogP contribution in [-0.2, 0) is 55.8 Å². The molecule has 634 valence electrons. The number of unbranched alkanes of at least 4 members (excludes halogenated alkanes) is 30. The molecule has 0 amide bonds. The van der Waals surface area contributed by atoms with Gasteiger partial charge in [0.15, 0.2) is 6.10 Å². The van der Waals surface area contributed by atoms with Gasteiger partial charge in [-0.2, -0.15) is 0 Å². The van der Waals surface area contributed by atoms with Crippen LogP contribution in [0.25, 0.3) is 0 Å². The van der Waals surface area contributed by atoms with E-state index in [4.69, 9.17) is 32.3 Å². The Hall–Kier alpha value is -5.09. The molecule has 0 fully saturated rings. The van der Waals surface area contributed by atoms with Crippen LogP contribution in [0.2, 0.25) is 0 Å². The lowest BCUT2D eigenvalue weighted by atomic mass is 10.0. The van der Waals surface area contributed by atoms with Gasteiger partial charge in [-0.1, -0.05) is 345 Å². The molecule has 0 radical (unpaired) electrons. The Kier molecular flexibility index (Phi) is 80.4. The number of phosphoric acid groups is 2. The highest BCUT2D eigenvalue weighted by Crippen LogP contribution is 2.45. The monoisotopic (exact) mass is 1590 g/mol. The summed E-state index contributed by atoms with van der Waals surface area (Å²) in [5.74, 6) is -1.60. The summed E-state index contributed by atoms with van der Waals surface area (Å²) in [6, 6.07) is 0. The minimum Gasteiger partial charge on any atom is -0.463 e. The normalized spacial score (nSPS) is 14.7. The molecule has 0 aliphatic rings. The molecule has 0 saturated heterocycles. The summed E-state index contributed by atoms with van der Waals surface area (Å²) in [4.78, 5) is 58.8. The summed E-state index contributed by atoms with van der Waals surface area (Å²) in [7, 11) is -9.81. The van der Waals surface area contributed by atoms with Crippen LogP contribution in [0.15, 0.2) is 170 Å². The molecule has 5 unspecified atom stereocenters. The van der Waals surface area contributed by atoms with E-state index in [9.17, 15) is 43.5 Å². The largest absolute Gasteiger partial charge is 0.472 e. The fourth-order valence-electron chi connectivity index (χ4n) is 11.4. The van der Waals surface area contributed by atoms with Gasteiger partial charge in [-0.15, -0.1) is 0 Å². The van der Waals surface area contributed by atoms with Gasteiger partial charge in [-0.05, 0) is 148 Å². The first kappa shape index (κ1) is 106. The topological polar surface area (TPSA) is 231 Å². The van der Waals surface area contributed by atoms with Crippen LogP contribution < -0.4 is 0 Å². The summed E-state index contributed by atoms with van der Waals surface area (Å²) in [6.45, 7) is 2.33. The third kappa shape index (κ3) is 85.6. The SMILES string of the molecule is CC/C=C\C/C=C\C/C=C\C/C=C\C/C=C\C/C=C\CCCCCCCCCCCCCCCCCCC(=O)OCC(O)COP(=O)(O)OCC(O)COP(=O)(O)OCC(COC(=O)CCCCCCCCCCC/C=C\C/C=C\C/C=C\C/C=C\C/C=C\CC)OC(=O)CCCCCCC/C=C\C/C=C\C/C=C\CC. The Balaban J connectivity index is 4.46. The molecule has 0 aliphatic carbocycles. The summed E-state index contributed by atoms with van der Waals surface area (Å²) in [5, 5.41) is 20.7. The first-order chi connectivity index (χ1) is 54.2. The highest BCUT2D eigenvalue weighted by Gasteiger charge is 2.29. The quantitative estimate of drug-likeness (QED) is 0.0146. The maximum absolute atomic E-state index is 13.0. The van der Waals surface area contributed by atoms with Gasteiger partial charge in [-0.3, -0.25) is 32.5 Å². The molecule has 16 nitrogen and oxygen atoms in total. The van der Waals surface area contributed by atoms with E-state index in [2.05, 4.69) is 191 Å². The smallest absolute Gasteiger partial charge is 0.463 e. The van der Waals surface area contributed by atoms with Crippen molar-refractivity contribution in [2.24, 2.45) is 0 Å². The fourth-order valence-corrected chi connectivity index (χ4v) is 13.0. The van der Waals surface area contributed by atoms with Gasteiger partial charge in [0, 0.05) is 19.3 Å². The number of phosphoric ester groups is 2. The lowest BCUT2D eigenvalue weighted by Crippen LogP contribution is -2.30. The van der Waals surface area contributed by atoms with Crippen molar-refractivity contribution >= 4 is 33.6 Å². The molecular weight excluding hydrogens is 1430 g/mol. The van der Waals surface area contributed by atoms with Crippen LogP contribution in [-0.4, -0.2) is 95.9 Å². The van der Waals surface area contributed by atoms with Gasteiger partial charge in [0.2, 0.25) is 0 Å². The van der Waals surface area contributed by atoms with Gasteiger partial charge in [0.1, 0.15) is 25.4 Å². The molecule has 0 aromatic carbocycles. The standard InChI is InChI=1S/C93H156O16P2/c1-4-7-10-13-16-19-22-25-28-30-32-34-36-38-39-40-41-42-43-44-45-46-47-49-51-52-54-56-59-61-64-67-70-73-76-79-91(96)103-82-88(94)83-105-110(99,100)106-84-89(95)85-107-111(101,102)108-87-90(109-93(98)81-78-75-72-69-66-63-58-27-24-21-18-15-12-9-6-3)86-104-92(97)80-77-74-71-68-65-62-60-57-55-53-50-48-37-35-33-31-29-26-23-20-17-14-11-8-5-2/h7-12,16-21,25-29,32-35,38-39,41-42,48,50,58,88-90,94-95H,4-6,13-15,22-24,30-31,36-37,40,43-47,49,51-57,59-87H2,1-3H3,(H,99,100)(H,101,102)/b10-7-,11-8-,12-9-,19-16-,20-17-,21-18-,28-25-,29-26-,34-32-,35-33-,39-38-,42-41-,50-48-,58-27-. The van der Waals surface area contributed by atoms with Gasteiger partial charge in [0.05, 0.1) is 26.4 Å². The van der Waals surface area contributed by atoms with E-state index in [1.165, 1.54) is 109 Å². The van der Waals surface area contributed by atoms with E-state index in [1.54, 1.807) is 0 Å². The van der Waals surface area contributed by atoms with Crippen LogP contribution in [0.1, 0.15) is 342 Å². The number of carbonyl (C=O) groups excluding carboxylic acids is 3. The predicted molar refractivity (Wildman–Crippen MR) is 463 cm³/mol. The Bertz CT molecular complexity index is 2700. The highest BCUT2D eigenvalue weighted by molar-refractivity contribution is 7.47. The van der Waals surface area contributed by atoms with Gasteiger partial charge in [-0.25, -0.2) is 9.13 Å². The molecule has 0 spiro atoms. The number of ether oxygens (including phenoxy) is 3. The average Bonchev–Trinajstić information content (AvgIpc) is 0.901. The number of esters is 3. The number of aliphatic hydroxyl groups excluding tert-OH is 2. The highest BCUT2D eigenvalue weighted by atomic mass is 31.2. The van der Waals surface area contributed by atoms with E-state index >= 15 is 0 Å². The van der Waals surface area contributed by atoms with Crippen LogP contribution >= 0.6 is 15.6 Å². The lowest BCUT2D eigenvalue weighted by molar-refractivity contribution is -0.161. The van der Waals surface area contributed by atoms with Crippen molar-refractivity contribution in [3.63, 3.8) is 0 Å².